The van der Waals surface area contributed by atoms with Crippen molar-refractivity contribution in [2.24, 2.45) is 0 Å². The first-order valence-electron chi connectivity index (χ1n) is 4.40. The van der Waals surface area contributed by atoms with Gasteiger partial charge in [-0.2, -0.15) is 0 Å². The van der Waals surface area contributed by atoms with Gasteiger partial charge in [0, 0.05) is 16.9 Å². The van der Waals surface area contributed by atoms with Crippen LogP contribution in [-0.2, 0) is 4.74 Å². The number of methoxy groups -OCH3 is 1. The van der Waals surface area contributed by atoms with Crippen LogP contribution in [0.3, 0.4) is 0 Å². The van der Waals surface area contributed by atoms with Crippen LogP contribution in [0.5, 0.6) is 0 Å². The van der Waals surface area contributed by atoms with Crippen molar-refractivity contribution >= 4 is 21.6 Å². The average molecular weight is 250 g/mol. The Morgan fingerprint density at radius 2 is 2.07 bits per heavy atom. The Balaban J connectivity index is 2.70. The molecule has 0 amide bonds. The molecule has 2 atom stereocenters. The summed E-state index contributed by atoms with van der Waals surface area (Å²) in [5, 5.41) is 27.2. The van der Waals surface area contributed by atoms with Crippen LogP contribution in [0.1, 0.15) is 0 Å². The van der Waals surface area contributed by atoms with Gasteiger partial charge in [0.15, 0.2) is 0 Å². The van der Waals surface area contributed by atoms with Gasteiger partial charge in [-0.3, -0.25) is 0 Å². The third-order valence-corrected chi connectivity index (χ3v) is 4.50. The molecule has 6 heteroatoms. The van der Waals surface area contributed by atoms with Crippen molar-refractivity contribution < 1.29 is 20.1 Å². The average Bonchev–Trinajstić information content (AvgIpc) is 2.30. The van der Waals surface area contributed by atoms with Gasteiger partial charge in [0.2, 0.25) is 0 Å². The van der Waals surface area contributed by atoms with E-state index in [4.69, 9.17) is 14.9 Å². The first-order valence-corrected chi connectivity index (χ1v) is 6.55. The zero-order chi connectivity index (χ0) is 11.3. The topological polar surface area (TPSA) is 69.9 Å². The smallest absolute Gasteiger partial charge is 0.117 e. The van der Waals surface area contributed by atoms with Gasteiger partial charge in [0.25, 0.3) is 0 Å². The summed E-state index contributed by atoms with van der Waals surface area (Å²) in [6.07, 6.45) is 2.15. The Labute approximate surface area is 96.4 Å². The van der Waals surface area contributed by atoms with Gasteiger partial charge in [-0.05, 0) is 12.2 Å². The van der Waals surface area contributed by atoms with Crippen molar-refractivity contribution in [2.75, 3.05) is 20.3 Å². The first-order chi connectivity index (χ1) is 7.22. The monoisotopic (exact) mass is 250 g/mol. The molecule has 1 aliphatic rings. The summed E-state index contributed by atoms with van der Waals surface area (Å²) in [6.45, 7) is -0.320. The molecule has 0 radical (unpaired) electrons. The predicted octanol–water partition coefficient (Wildman–Crippen LogP) is 0.510. The molecule has 1 aliphatic heterocycles. The minimum atomic E-state index is -0.918. The van der Waals surface area contributed by atoms with Gasteiger partial charge < -0.3 is 20.1 Å². The second kappa shape index (κ2) is 6.57. The lowest BCUT2D eigenvalue weighted by atomic mass is 10.2. The van der Waals surface area contributed by atoms with Crippen LogP contribution in [0, 0.1) is 0 Å². The van der Waals surface area contributed by atoms with E-state index in [-0.39, 0.29) is 13.2 Å². The third-order valence-electron chi connectivity index (χ3n) is 1.91. The van der Waals surface area contributed by atoms with Crippen LogP contribution in [0.4, 0.5) is 0 Å². The maximum Gasteiger partial charge on any atom is 0.117 e. The van der Waals surface area contributed by atoms with Crippen LogP contribution >= 0.6 is 21.6 Å². The van der Waals surface area contributed by atoms with E-state index in [9.17, 15) is 5.11 Å². The SMILES string of the molecule is COC(C1=CC=C(CO)SS1)C(O)CO. The van der Waals surface area contributed by atoms with E-state index in [1.54, 1.807) is 12.2 Å². The van der Waals surface area contributed by atoms with E-state index in [0.717, 1.165) is 9.81 Å². The van der Waals surface area contributed by atoms with Gasteiger partial charge in [-0.1, -0.05) is 21.6 Å². The summed E-state index contributed by atoms with van der Waals surface area (Å²) in [4.78, 5) is 1.69. The number of aliphatic hydroxyl groups is 3. The molecule has 0 aliphatic carbocycles. The molecule has 0 aromatic carbocycles. The highest BCUT2D eigenvalue weighted by Crippen LogP contribution is 2.42. The summed E-state index contributed by atoms with van der Waals surface area (Å²) in [5.74, 6) is 0. The first kappa shape index (κ1) is 13.1. The van der Waals surface area contributed by atoms with Crippen molar-refractivity contribution in [1.82, 2.24) is 0 Å². The van der Waals surface area contributed by atoms with Crippen molar-refractivity contribution in [3.8, 4) is 0 Å². The fraction of sp³-hybridized carbons (Fsp3) is 0.556. The van der Waals surface area contributed by atoms with E-state index in [1.807, 2.05) is 0 Å². The van der Waals surface area contributed by atoms with Crippen molar-refractivity contribution in [3.05, 3.63) is 22.0 Å². The minimum Gasteiger partial charge on any atom is -0.394 e. The normalized spacial score (nSPS) is 20.5. The van der Waals surface area contributed by atoms with Crippen molar-refractivity contribution in [2.45, 2.75) is 12.2 Å². The molecule has 1 heterocycles. The number of hydrogen-bond acceptors (Lipinski definition) is 6. The van der Waals surface area contributed by atoms with Crippen LogP contribution in [-0.4, -0.2) is 47.9 Å². The Morgan fingerprint density at radius 1 is 1.33 bits per heavy atom. The number of rotatable bonds is 5. The number of hydrogen-bond donors (Lipinski definition) is 3. The Hall–Kier alpha value is 0.0200. The lowest BCUT2D eigenvalue weighted by molar-refractivity contribution is -0.0149. The summed E-state index contributed by atoms with van der Waals surface area (Å²) in [7, 11) is 4.34. The second-order valence-corrected chi connectivity index (χ2v) is 5.26. The molecule has 0 saturated carbocycles. The molecule has 4 nitrogen and oxygen atoms in total. The molecule has 86 valence electrons. The standard InChI is InChI=1S/C9H14O4S2/c1-13-9(7(12)5-11)8-3-2-6(4-10)14-15-8/h2-3,7,9-12H,4-5H2,1H3. The summed E-state index contributed by atoms with van der Waals surface area (Å²) >= 11 is 0. The molecule has 15 heavy (non-hydrogen) atoms. The molecule has 0 bridgehead atoms. The van der Waals surface area contributed by atoms with Crippen molar-refractivity contribution in [3.63, 3.8) is 0 Å². The van der Waals surface area contributed by atoms with Gasteiger partial charge >= 0.3 is 0 Å². The number of allylic oxidation sites excluding steroid dienone is 2. The number of ether oxygens (including phenoxy) is 1. The van der Waals surface area contributed by atoms with E-state index < -0.39 is 12.2 Å². The Kier molecular flexibility index (Phi) is 5.73. The van der Waals surface area contributed by atoms with Gasteiger partial charge in [-0.15, -0.1) is 0 Å². The van der Waals surface area contributed by atoms with Gasteiger partial charge in [0.1, 0.15) is 12.2 Å². The van der Waals surface area contributed by atoms with Crippen LogP contribution in [0.25, 0.3) is 0 Å². The largest absolute Gasteiger partial charge is 0.394 e. The molecule has 0 aromatic rings. The fourth-order valence-electron chi connectivity index (χ4n) is 1.11. The molecule has 0 aromatic heterocycles. The van der Waals surface area contributed by atoms with E-state index in [2.05, 4.69) is 0 Å². The lowest BCUT2D eigenvalue weighted by Crippen LogP contribution is -2.32. The minimum absolute atomic E-state index is 0.0155. The van der Waals surface area contributed by atoms with Gasteiger partial charge in [-0.25, -0.2) is 0 Å². The molecular weight excluding hydrogens is 236 g/mol. The third kappa shape index (κ3) is 3.51. The Morgan fingerprint density at radius 3 is 2.47 bits per heavy atom. The highest BCUT2D eigenvalue weighted by Gasteiger charge is 2.24. The van der Waals surface area contributed by atoms with Gasteiger partial charge in [0.05, 0.1) is 13.2 Å². The summed E-state index contributed by atoms with van der Waals surface area (Å²) < 4.78 is 5.11. The molecule has 3 N–H and O–H groups in total. The van der Waals surface area contributed by atoms with E-state index >= 15 is 0 Å². The quantitative estimate of drug-likeness (QED) is 0.618. The molecule has 0 saturated heterocycles. The predicted molar refractivity (Wildman–Crippen MR) is 62.3 cm³/mol. The van der Waals surface area contributed by atoms with Crippen LogP contribution in [0.2, 0.25) is 0 Å². The van der Waals surface area contributed by atoms with E-state index in [1.165, 1.54) is 28.7 Å². The molecule has 0 spiro atoms. The molecule has 0 fully saturated rings. The van der Waals surface area contributed by atoms with Crippen molar-refractivity contribution in [1.29, 1.82) is 0 Å². The summed E-state index contributed by atoms with van der Waals surface area (Å²) in [6, 6.07) is 0. The summed E-state index contributed by atoms with van der Waals surface area (Å²) in [5.41, 5.74) is 0. The molecular formula is C9H14O4S2. The maximum atomic E-state index is 9.48. The number of aliphatic hydroxyl groups excluding tert-OH is 3. The Bertz CT molecular complexity index is 265. The van der Waals surface area contributed by atoms with E-state index in [0.29, 0.717) is 0 Å². The maximum absolute atomic E-state index is 9.48. The highest BCUT2D eigenvalue weighted by molar-refractivity contribution is 8.79. The molecule has 2 unspecified atom stereocenters. The zero-order valence-electron chi connectivity index (χ0n) is 8.29. The lowest BCUT2D eigenvalue weighted by Gasteiger charge is -2.23. The zero-order valence-corrected chi connectivity index (χ0v) is 9.92. The van der Waals surface area contributed by atoms with Crippen LogP contribution < -0.4 is 0 Å². The fourth-order valence-corrected chi connectivity index (χ4v) is 3.35. The molecule has 1 rings (SSSR count). The highest BCUT2D eigenvalue weighted by atomic mass is 33.1. The van der Waals surface area contributed by atoms with Crippen LogP contribution in [0.15, 0.2) is 22.0 Å². The second-order valence-electron chi connectivity index (χ2n) is 2.93.